The minimum absolute atomic E-state index is 0. The lowest BCUT2D eigenvalue weighted by Crippen LogP contribution is -2.17. The Morgan fingerprint density at radius 2 is 1.93 bits per heavy atom. The summed E-state index contributed by atoms with van der Waals surface area (Å²) < 4.78 is 11.7. The van der Waals surface area contributed by atoms with Gasteiger partial charge in [0.25, 0.3) is 0 Å². The molecule has 0 aliphatic heterocycles. The van der Waals surface area contributed by atoms with E-state index in [-0.39, 0.29) is 25.1 Å². The van der Waals surface area contributed by atoms with Gasteiger partial charge in [0.2, 0.25) is 5.95 Å². The number of nitrogen functional groups attached to an aromatic ring is 1. The number of methoxy groups -OCH3 is 1. The van der Waals surface area contributed by atoms with Gasteiger partial charge in [0.15, 0.2) is 6.73 Å². The van der Waals surface area contributed by atoms with Crippen molar-refractivity contribution in [3.8, 4) is 0 Å². The van der Waals surface area contributed by atoms with E-state index in [0.717, 1.165) is 22.6 Å². The molecule has 0 spiro atoms. The van der Waals surface area contributed by atoms with Crippen LogP contribution in [0.1, 0.15) is 23.7 Å². The molecule has 0 aliphatic carbocycles. The first-order valence-corrected chi connectivity index (χ1v) is 10.0. The van der Waals surface area contributed by atoms with E-state index in [4.69, 9.17) is 10.5 Å². The summed E-state index contributed by atoms with van der Waals surface area (Å²) in [6.07, 6.45) is 0.403. The maximum absolute atomic E-state index is 12.3. The van der Waals surface area contributed by atoms with Crippen molar-refractivity contribution in [2.45, 2.75) is 25.0 Å². The molecular formula is C20H23ClN4O4S. The molecule has 0 unspecified atom stereocenters. The summed E-state index contributed by atoms with van der Waals surface area (Å²) in [4.78, 5) is 29.6. The first-order valence-electron chi connectivity index (χ1n) is 9.02. The van der Waals surface area contributed by atoms with Gasteiger partial charge >= 0.3 is 12.1 Å². The second-order valence-electron chi connectivity index (χ2n) is 6.16. The zero-order valence-corrected chi connectivity index (χ0v) is 18.2. The third-order valence-electron chi connectivity index (χ3n) is 4.06. The van der Waals surface area contributed by atoms with E-state index in [1.165, 1.54) is 7.11 Å². The number of aromatic nitrogens is 2. The molecule has 0 bridgehead atoms. The third-order valence-corrected chi connectivity index (χ3v) is 5.26. The molecule has 3 aromatic rings. The second-order valence-corrected chi connectivity index (χ2v) is 7.33. The number of esters is 1. The van der Waals surface area contributed by atoms with Crippen LogP contribution in [0.4, 0.5) is 16.4 Å². The summed E-state index contributed by atoms with van der Waals surface area (Å²) >= 11 is 1.73. The summed E-state index contributed by atoms with van der Waals surface area (Å²) in [5.41, 5.74) is 7.99. The number of nitrogens with one attached hydrogen (secondary N) is 1. The molecule has 1 amide bonds. The molecule has 10 heteroatoms. The average molecular weight is 451 g/mol. The molecule has 0 saturated carbocycles. The standard InChI is InChI=1S/C20H22N4O4S.ClH/c1-3-10-29-15-8-9-17-16(11-15)22-19(23-20(26)27-2)24(17)12-28-18(25)13-4-6-14(21)7-5-13;/h4-9,11H,3,10,12,21H2,1-2H3,(H,22,23,26);1H. The van der Waals surface area contributed by atoms with Crippen LogP contribution in [0.15, 0.2) is 47.4 Å². The second kappa shape index (κ2) is 10.7. The molecule has 0 saturated heterocycles. The van der Waals surface area contributed by atoms with Crippen LogP contribution in [-0.4, -0.2) is 34.5 Å². The van der Waals surface area contributed by atoms with Gasteiger partial charge in [-0.15, -0.1) is 24.2 Å². The lowest BCUT2D eigenvalue weighted by atomic mass is 10.2. The van der Waals surface area contributed by atoms with Crippen molar-refractivity contribution in [3.05, 3.63) is 48.0 Å². The monoisotopic (exact) mass is 450 g/mol. The van der Waals surface area contributed by atoms with Gasteiger partial charge in [0, 0.05) is 10.6 Å². The average Bonchev–Trinajstić information content (AvgIpc) is 3.06. The summed E-state index contributed by atoms with van der Waals surface area (Å²) in [5.74, 6) is 0.721. The highest BCUT2D eigenvalue weighted by Crippen LogP contribution is 2.26. The lowest BCUT2D eigenvalue weighted by Gasteiger charge is -2.11. The predicted molar refractivity (Wildman–Crippen MR) is 120 cm³/mol. The molecule has 1 heterocycles. The molecule has 3 N–H and O–H groups in total. The van der Waals surface area contributed by atoms with Gasteiger partial charge in [-0.25, -0.2) is 14.6 Å². The number of benzene rings is 2. The number of carbonyl (C=O) groups excluding carboxylic acids is 2. The molecule has 0 aliphatic rings. The van der Waals surface area contributed by atoms with Crippen molar-refractivity contribution in [1.82, 2.24) is 9.55 Å². The first kappa shape index (κ1) is 23.4. The molecule has 0 fully saturated rings. The SMILES string of the molecule is CCCSc1ccc2c(c1)nc(NC(=O)OC)n2COC(=O)c1ccc(N)cc1.Cl. The zero-order valence-electron chi connectivity index (χ0n) is 16.6. The predicted octanol–water partition coefficient (Wildman–Crippen LogP) is 4.54. The number of nitrogens with zero attached hydrogens (tertiary/aromatic N) is 2. The van der Waals surface area contributed by atoms with E-state index < -0.39 is 12.1 Å². The number of carbonyl (C=O) groups is 2. The fraction of sp³-hybridized carbons (Fsp3) is 0.250. The topological polar surface area (TPSA) is 108 Å². The number of nitrogens with two attached hydrogens (primary N) is 1. The summed E-state index contributed by atoms with van der Waals surface area (Å²) in [5, 5.41) is 2.56. The number of halogens is 1. The van der Waals surface area contributed by atoms with Gasteiger partial charge < -0.3 is 15.2 Å². The van der Waals surface area contributed by atoms with E-state index in [1.807, 2.05) is 18.2 Å². The number of hydrogen-bond acceptors (Lipinski definition) is 7. The number of hydrogen-bond donors (Lipinski definition) is 2. The minimum Gasteiger partial charge on any atom is -0.453 e. The van der Waals surface area contributed by atoms with Crippen LogP contribution in [-0.2, 0) is 16.2 Å². The third kappa shape index (κ3) is 5.58. The van der Waals surface area contributed by atoms with Crippen molar-refractivity contribution in [2.24, 2.45) is 0 Å². The van der Waals surface area contributed by atoms with E-state index in [1.54, 1.807) is 40.6 Å². The number of thioether (sulfide) groups is 1. The van der Waals surface area contributed by atoms with Crippen molar-refractivity contribution in [1.29, 1.82) is 0 Å². The van der Waals surface area contributed by atoms with E-state index in [2.05, 4.69) is 22.0 Å². The van der Waals surface area contributed by atoms with Crippen LogP contribution < -0.4 is 11.1 Å². The largest absolute Gasteiger partial charge is 0.453 e. The lowest BCUT2D eigenvalue weighted by molar-refractivity contribution is 0.0382. The van der Waals surface area contributed by atoms with Crippen molar-refractivity contribution < 1.29 is 19.1 Å². The van der Waals surface area contributed by atoms with Crippen molar-refractivity contribution >= 4 is 58.9 Å². The normalized spacial score (nSPS) is 10.3. The first-order chi connectivity index (χ1) is 14.0. The Morgan fingerprint density at radius 1 is 1.20 bits per heavy atom. The highest BCUT2D eigenvalue weighted by Gasteiger charge is 2.16. The number of imidazole rings is 1. The van der Waals surface area contributed by atoms with Crippen LogP contribution in [0.5, 0.6) is 0 Å². The molecule has 160 valence electrons. The fourth-order valence-corrected chi connectivity index (χ4v) is 3.41. The van der Waals surface area contributed by atoms with Gasteiger partial charge in [-0.1, -0.05) is 6.92 Å². The van der Waals surface area contributed by atoms with Crippen LogP contribution in [0.3, 0.4) is 0 Å². The van der Waals surface area contributed by atoms with Crippen LogP contribution >= 0.6 is 24.2 Å². The number of amides is 1. The van der Waals surface area contributed by atoms with Crippen LogP contribution in [0.2, 0.25) is 0 Å². The number of ether oxygens (including phenoxy) is 2. The van der Waals surface area contributed by atoms with Crippen molar-refractivity contribution in [3.63, 3.8) is 0 Å². The number of anilines is 2. The Labute approximate surface area is 184 Å². The van der Waals surface area contributed by atoms with Gasteiger partial charge in [-0.2, -0.15) is 0 Å². The summed E-state index contributed by atoms with van der Waals surface area (Å²) in [7, 11) is 1.27. The summed E-state index contributed by atoms with van der Waals surface area (Å²) in [6.45, 7) is 1.99. The molecule has 0 radical (unpaired) electrons. The molecule has 0 atom stereocenters. The number of fused-ring (bicyclic) bond motifs is 1. The van der Waals surface area contributed by atoms with E-state index >= 15 is 0 Å². The Balaban J connectivity index is 0.00000320. The molecular weight excluding hydrogens is 428 g/mol. The van der Waals surface area contributed by atoms with Gasteiger partial charge in [-0.3, -0.25) is 9.88 Å². The summed E-state index contributed by atoms with van der Waals surface area (Å²) in [6, 6.07) is 12.2. The molecule has 2 aromatic carbocycles. The van der Waals surface area contributed by atoms with Gasteiger partial charge in [-0.05, 0) is 54.6 Å². The minimum atomic E-state index is -0.660. The van der Waals surface area contributed by atoms with E-state index in [9.17, 15) is 9.59 Å². The maximum Gasteiger partial charge on any atom is 0.413 e. The Morgan fingerprint density at radius 3 is 2.60 bits per heavy atom. The quantitative estimate of drug-likeness (QED) is 0.309. The maximum atomic E-state index is 12.3. The molecule has 3 rings (SSSR count). The fourth-order valence-electron chi connectivity index (χ4n) is 2.61. The van der Waals surface area contributed by atoms with Crippen LogP contribution in [0.25, 0.3) is 11.0 Å². The molecule has 30 heavy (non-hydrogen) atoms. The van der Waals surface area contributed by atoms with Gasteiger partial charge in [0.1, 0.15) is 0 Å². The Bertz CT molecular complexity index is 1020. The Kier molecular flexibility index (Phi) is 8.37. The van der Waals surface area contributed by atoms with E-state index in [0.29, 0.717) is 16.8 Å². The zero-order chi connectivity index (χ0) is 20.8. The molecule has 1 aromatic heterocycles. The highest BCUT2D eigenvalue weighted by molar-refractivity contribution is 7.99. The highest BCUT2D eigenvalue weighted by atomic mass is 35.5. The Hall–Kier alpha value is -2.91. The molecule has 8 nitrogen and oxygen atoms in total. The van der Waals surface area contributed by atoms with Gasteiger partial charge in [0.05, 0.1) is 23.7 Å². The smallest absolute Gasteiger partial charge is 0.413 e. The number of rotatable bonds is 7. The van der Waals surface area contributed by atoms with Crippen LogP contribution in [0, 0.1) is 0 Å². The van der Waals surface area contributed by atoms with Crippen molar-refractivity contribution in [2.75, 3.05) is 23.9 Å².